The summed E-state index contributed by atoms with van der Waals surface area (Å²) in [6.45, 7) is -0.280. The quantitative estimate of drug-likeness (QED) is 0.502. The summed E-state index contributed by atoms with van der Waals surface area (Å²) in [5, 5.41) is 2.15. The topological polar surface area (TPSA) is 84.5 Å². The average molecular weight is 288 g/mol. The highest BCUT2D eigenvalue weighted by Gasteiger charge is 2.03. The molecule has 2 amide bonds. The smallest absolute Gasteiger partial charge is 0.343 e. The number of nitrogens with zero attached hydrogens (tertiary/aromatic N) is 1. The molecule has 0 atom stereocenters. The Morgan fingerprint density at radius 3 is 2.44 bits per heavy atom. The Morgan fingerprint density at radius 2 is 1.89 bits per heavy atom. The zero-order chi connectivity index (χ0) is 13.5. The van der Waals surface area contributed by atoms with Crippen LogP contribution in [0.1, 0.15) is 5.56 Å². The lowest BCUT2D eigenvalue weighted by Gasteiger charge is -2.02. The second kappa shape index (κ2) is 6.98. The van der Waals surface area contributed by atoms with Gasteiger partial charge in [0.15, 0.2) is 0 Å². The Balaban J connectivity index is 2.53. The Labute approximate surface area is 114 Å². The molecule has 96 valence electrons. The van der Waals surface area contributed by atoms with E-state index in [1.54, 1.807) is 24.3 Å². The van der Waals surface area contributed by atoms with Gasteiger partial charge in [-0.15, -0.1) is 0 Å². The molecule has 18 heavy (non-hydrogen) atoms. The molecule has 0 heterocycles. The molecule has 7 heteroatoms. The van der Waals surface area contributed by atoms with Crippen LogP contribution in [0, 0.1) is 0 Å². The predicted molar refractivity (Wildman–Crippen MR) is 71.0 cm³/mol. The van der Waals surface area contributed by atoms with E-state index in [4.69, 9.17) is 28.9 Å². The predicted octanol–water partition coefficient (Wildman–Crippen LogP) is 1.71. The summed E-state index contributed by atoms with van der Waals surface area (Å²) in [6.07, 6.45) is 0.319. The molecule has 0 saturated carbocycles. The fourth-order valence-electron chi connectivity index (χ4n) is 1.17. The van der Waals surface area contributed by atoms with Crippen molar-refractivity contribution in [3.63, 3.8) is 0 Å². The number of amidine groups is 1. The van der Waals surface area contributed by atoms with Crippen molar-refractivity contribution in [2.24, 2.45) is 10.7 Å². The van der Waals surface area contributed by atoms with Gasteiger partial charge in [0.1, 0.15) is 5.84 Å². The maximum absolute atomic E-state index is 11.2. The SMILES string of the molecule is N/C(Cc1ccc(Cl)cc1)=N/C(=O)NCC(=O)Cl. The monoisotopic (exact) mass is 287 g/mol. The van der Waals surface area contributed by atoms with Crippen molar-refractivity contribution in [1.29, 1.82) is 0 Å². The maximum Gasteiger partial charge on any atom is 0.343 e. The van der Waals surface area contributed by atoms with Gasteiger partial charge in [-0.25, -0.2) is 4.79 Å². The van der Waals surface area contributed by atoms with Crippen molar-refractivity contribution in [1.82, 2.24) is 5.32 Å². The maximum atomic E-state index is 11.2. The van der Waals surface area contributed by atoms with E-state index >= 15 is 0 Å². The lowest BCUT2D eigenvalue weighted by Crippen LogP contribution is -2.27. The number of halogens is 2. The van der Waals surface area contributed by atoms with E-state index in [-0.39, 0.29) is 12.4 Å². The Morgan fingerprint density at radius 1 is 1.28 bits per heavy atom. The molecule has 0 spiro atoms. The molecule has 1 aromatic carbocycles. The van der Waals surface area contributed by atoms with Gasteiger partial charge in [0, 0.05) is 11.4 Å². The molecule has 0 radical (unpaired) electrons. The molecule has 0 aromatic heterocycles. The average Bonchev–Trinajstić information content (AvgIpc) is 2.29. The van der Waals surface area contributed by atoms with Crippen LogP contribution >= 0.6 is 23.2 Å². The molecule has 0 unspecified atom stereocenters. The summed E-state index contributed by atoms with van der Waals surface area (Å²) in [5.74, 6) is 0.136. The van der Waals surface area contributed by atoms with Crippen LogP contribution in [0.3, 0.4) is 0 Å². The van der Waals surface area contributed by atoms with Crippen molar-refractivity contribution < 1.29 is 9.59 Å². The molecule has 0 saturated heterocycles. The molecule has 0 bridgehead atoms. The fraction of sp³-hybridized carbons (Fsp3) is 0.182. The molecule has 1 aromatic rings. The van der Waals surface area contributed by atoms with Crippen LogP contribution in [0.2, 0.25) is 5.02 Å². The first kappa shape index (κ1) is 14.5. The van der Waals surface area contributed by atoms with Crippen molar-refractivity contribution in [2.75, 3.05) is 6.54 Å². The molecule has 0 fully saturated rings. The van der Waals surface area contributed by atoms with Crippen LogP contribution in [0.4, 0.5) is 4.79 Å². The molecule has 0 aliphatic carbocycles. The number of hydrogen-bond donors (Lipinski definition) is 2. The zero-order valence-corrected chi connectivity index (χ0v) is 10.8. The summed E-state index contributed by atoms with van der Waals surface area (Å²) >= 11 is 10.8. The van der Waals surface area contributed by atoms with Crippen LogP contribution in [0.25, 0.3) is 0 Å². The van der Waals surface area contributed by atoms with E-state index in [0.29, 0.717) is 11.4 Å². The van der Waals surface area contributed by atoms with Crippen LogP contribution in [-0.2, 0) is 11.2 Å². The second-order valence-corrected chi connectivity index (χ2v) is 4.28. The lowest BCUT2D eigenvalue weighted by molar-refractivity contribution is -0.110. The molecule has 5 nitrogen and oxygen atoms in total. The van der Waals surface area contributed by atoms with Gasteiger partial charge in [-0.1, -0.05) is 23.7 Å². The van der Waals surface area contributed by atoms with Crippen LogP contribution in [-0.4, -0.2) is 23.7 Å². The molecule has 3 N–H and O–H groups in total. The van der Waals surface area contributed by atoms with E-state index in [2.05, 4.69) is 10.3 Å². The first-order chi connectivity index (χ1) is 8.47. The van der Waals surface area contributed by atoms with E-state index in [1.807, 2.05) is 0 Å². The summed E-state index contributed by atoms with van der Waals surface area (Å²) in [5.41, 5.74) is 6.47. The standard InChI is InChI=1S/C11H11Cl2N3O2/c12-8-3-1-7(2-4-8)5-10(14)16-11(18)15-6-9(13)17/h1-4H,5-6H2,(H3,14,15,16,18). The normalized spacial score (nSPS) is 11.1. The van der Waals surface area contributed by atoms with Gasteiger partial charge in [0.2, 0.25) is 5.24 Å². The summed E-state index contributed by atoms with van der Waals surface area (Å²) < 4.78 is 0. The Bertz CT molecular complexity index is 472. The number of amides is 2. The number of urea groups is 1. The molecular formula is C11H11Cl2N3O2. The number of nitrogens with two attached hydrogens (primary N) is 1. The van der Waals surface area contributed by atoms with Gasteiger partial charge in [0.25, 0.3) is 0 Å². The van der Waals surface area contributed by atoms with Crippen molar-refractivity contribution >= 4 is 40.3 Å². The highest BCUT2D eigenvalue weighted by atomic mass is 35.5. The van der Waals surface area contributed by atoms with Crippen molar-refractivity contribution in [3.05, 3.63) is 34.9 Å². The van der Waals surface area contributed by atoms with Crippen molar-refractivity contribution in [3.8, 4) is 0 Å². The lowest BCUT2D eigenvalue weighted by atomic mass is 10.1. The Kier molecular flexibility index (Phi) is 5.61. The molecule has 0 aliphatic rings. The van der Waals surface area contributed by atoms with Gasteiger partial charge >= 0.3 is 6.03 Å². The van der Waals surface area contributed by atoms with E-state index < -0.39 is 11.3 Å². The van der Waals surface area contributed by atoms with Gasteiger partial charge in [0.05, 0.1) is 6.54 Å². The third-order valence-electron chi connectivity index (χ3n) is 1.92. The molecular weight excluding hydrogens is 277 g/mol. The zero-order valence-electron chi connectivity index (χ0n) is 9.32. The minimum absolute atomic E-state index is 0.136. The number of hydrogen-bond acceptors (Lipinski definition) is 2. The first-order valence-electron chi connectivity index (χ1n) is 5.01. The minimum Gasteiger partial charge on any atom is -0.387 e. The van der Waals surface area contributed by atoms with Gasteiger partial charge in [-0.3, -0.25) is 4.79 Å². The van der Waals surface area contributed by atoms with Crippen molar-refractivity contribution in [2.45, 2.75) is 6.42 Å². The minimum atomic E-state index is -0.699. The van der Waals surface area contributed by atoms with Crippen LogP contribution in [0.15, 0.2) is 29.3 Å². The van der Waals surface area contributed by atoms with Gasteiger partial charge < -0.3 is 11.1 Å². The van der Waals surface area contributed by atoms with Gasteiger partial charge in [-0.2, -0.15) is 4.99 Å². The number of nitrogens with one attached hydrogen (secondary N) is 1. The van der Waals surface area contributed by atoms with Gasteiger partial charge in [-0.05, 0) is 29.3 Å². The number of carbonyl (C=O) groups is 2. The van der Waals surface area contributed by atoms with E-state index in [9.17, 15) is 9.59 Å². The highest BCUT2D eigenvalue weighted by Crippen LogP contribution is 2.09. The largest absolute Gasteiger partial charge is 0.387 e. The Hall–Kier alpha value is -1.59. The second-order valence-electron chi connectivity index (χ2n) is 3.42. The van der Waals surface area contributed by atoms with Crippen LogP contribution in [0.5, 0.6) is 0 Å². The molecule has 0 aliphatic heterocycles. The third kappa shape index (κ3) is 5.65. The molecule has 1 rings (SSSR count). The number of carbonyl (C=O) groups excluding carboxylic acids is 2. The first-order valence-corrected chi connectivity index (χ1v) is 5.76. The van der Waals surface area contributed by atoms with Crippen LogP contribution < -0.4 is 11.1 Å². The highest BCUT2D eigenvalue weighted by molar-refractivity contribution is 6.64. The van der Waals surface area contributed by atoms with E-state index in [0.717, 1.165) is 5.56 Å². The summed E-state index contributed by atoms with van der Waals surface area (Å²) in [6, 6.07) is 6.30. The summed E-state index contributed by atoms with van der Waals surface area (Å²) in [7, 11) is 0. The number of aliphatic imine (C=N–C) groups is 1. The third-order valence-corrected chi connectivity index (χ3v) is 2.31. The summed E-state index contributed by atoms with van der Waals surface area (Å²) in [4.78, 5) is 25.2. The fourth-order valence-corrected chi connectivity index (χ4v) is 1.36. The number of rotatable bonds is 4. The number of benzene rings is 1. The van der Waals surface area contributed by atoms with E-state index in [1.165, 1.54) is 0 Å².